The Morgan fingerprint density at radius 1 is 0.667 bits per heavy atom. The third-order valence-corrected chi connectivity index (χ3v) is 25.2. The van der Waals surface area contributed by atoms with E-state index in [9.17, 15) is 13.2 Å². The van der Waals surface area contributed by atoms with E-state index in [1.54, 1.807) is 84.7 Å². The van der Waals surface area contributed by atoms with E-state index in [2.05, 4.69) is 54.8 Å². The van der Waals surface area contributed by atoms with Gasteiger partial charge in [-0.3, -0.25) is 4.18 Å². The molecule has 0 spiro atoms. The van der Waals surface area contributed by atoms with Gasteiger partial charge in [-0.05, 0) is 168 Å². The molecule has 0 N–H and O–H groups in total. The van der Waals surface area contributed by atoms with Gasteiger partial charge in [-0.25, -0.2) is 24.7 Å². The Morgan fingerprint density at radius 3 is 1.87 bits per heavy atom. The van der Waals surface area contributed by atoms with Gasteiger partial charge in [0.05, 0.1) is 58.4 Å². The monoisotopic (exact) mass is 1500 g/mol. The highest BCUT2D eigenvalue weighted by Gasteiger charge is 2.42. The SMILES string of the molecule is COc1ccc(C(OC[C@H](COS(=O)(=O)Cc2ccccc2)Oc2c(Cl)c(C)c(-c3c(Br)sc4ncnc(O[C@H](Cc5cc(O[Si](C)(C)C(C)(C)C)ccc5OCc5ccnc(-c6ccccc6OC)n5)C(=O)OC(C)(C)C)c34)c(C)c2Cl)(c2ccccc2)c2ccc(OC)cc2)cc1. The number of carbonyl (C=O) groups excluding carboxylic acids is 1. The summed E-state index contributed by atoms with van der Waals surface area (Å²) in [7, 11) is -1.86. The second-order valence-corrected chi connectivity index (χ2v) is 35.5. The Bertz CT molecular complexity index is 4520. The van der Waals surface area contributed by atoms with Gasteiger partial charge in [0.15, 0.2) is 11.6 Å². The number of carbonyl (C=O) groups is 1. The van der Waals surface area contributed by atoms with Crippen molar-refractivity contribution in [1.29, 1.82) is 0 Å². The Labute approximate surface area is 602 Å². The van der Waals surface area contributed by atoms with Crippen LogP contribution in [-0.4, -0.2) is 95.0 Å². The summed E-state index contributed by atoms with van der Waals surface area (Å²) < 4.78 is 92.1. The molecule has 10 aromatic rings. The quantitative estimate of drug-likeness (QED) is 0.0194. The number of hydrogen-bond donors (Lipinski definition) is 0. The van der Waals surface area contributed by atoms with Gasteiger partial charge in [0.1, 0.15) is 76.2 Å². The van der Waals surface area contributed by atoms with Gasteiger partial charge in [-0.15, -0.1) is 11.3 Å². The first-order valence-electron chi connectivity index (χ1n) is 31.9. The van der Waals surface area contributed by atoms with Crippen LogP contribution in [0.2, 0.25) is 28.2 Å². The molecule has 0 amide bonds. The highest BCUT2D eigenvalue weighted by atomic mass is 79.9. The molecule has 10 rings (SSSR count). The first-order valence-corrected chi connectivity index (χ1v) is 38.7. The zero-order valence-corrected chi connectivity index (χ0v) is 63.1. The predicted octanol–water partition coefficient (Wildman–Crippen LogP) is 18.1. The first kappa shape index (κ1) is 73.6. The van der Waals surface area contributed by atoms with Crippen molar-refractivity contribution < 1.29 is 59.7 Å². The summed E-state index contributed by atoms with van der Waals surface area (Å²) in [6.07, 6.45) is 0.433. The normalized spacial score (nSPS) is 12.8. The van der Waals surface area contributed by atoms with Crippen LogP contribution >= 0.6 is 50.5 Å². The van der Waals surface area contributed by atoms with E-state index in [1.807, 2.05) is 135 Å². The fraction of sp³-hybridized carbons (Fsp3) is 0.303. The summed E-state index contributed by atoms with van der Waals surface area (Å²) in [6.45, 7) is 19.0. The third kappa shape index (κ3) is 17.2. The van der Waals surface area contributed by atoms with Crippen molar-refractivity contribution >= 4 is 85.1 Å². The lowest BCUT2D eigenvalue weighted by atomic mass is 9.80. The maximum atomic E-state index is 14.9. The van der Waals surface area contributed by atoms with E-state index in [-0.39, 0.29) is 46.3 Å². The molecule has 17 nitrogen and oxygen atoms in total. The first-order chi connectivity index (χ1) is 47.1. The number of para-hydroxylation sites is 1. The number of halogens is 3. The summed E-state index contributed by atoms with van der Waals surface area (Å²) in [4.78, 5) is 34.3. The van der Waals surface area contributed by atoms with Crippen LogP contribution in [0.25, 0.3) is 32.7 Å². The zero-order chi connectivity index (χ0) is 71.0. The summed E-state index contributed by atoms with van der Waals surface area (Å²) in [5.74, 6) is 2.38. The molecule has 0 aliphatic heterocycles. The van der Waals surface area contributed by atoms with Crippen molar-refractivity contribution in [2.24, 2.45) is 0 Å². The zero-order valence-electron chi connectivity index (χ0n) is 57.4. The molecule has 99 heavy (non-hydrogen) atoms. The number of rotatable bonds is 28. The maximum absolute atomic E-state index is 14.9. The van der Waals surface area contributed by atoms with Crippen LogP contribution in [0.4, 0.5) is 0 Å². The number of benzene rings is 7. The smallest absolute Gasteiger partial charge is 0.348 e. The van der Waals surface area contributed by atoms with Crippen LogP contribution in [-0.2, 0) is 53.0 Å². The topological polar surface area (TPSA) is 195 Å². The Kier molecular flexibility index (Phi) is 23.2. The van der Waals surface area contributed by atoms with E-state index in [0.717, 1.165) is 22.3 Å². The summed E-state index contributed by atoms with van der Waals surface area (Å²) in [5.41, 5.74) is 4.47. The van der Waals surface area contributed by atoms with Gasteiger partial charge in [0.2, 0.25) is 20.3 Å². The van der Waals surface area contributed by atoms with Crippen LogP contribution in [0.1, 0.15) is 86.2 Å². The van der Waals surface area contributed by atoms with E-state index in [0.29, 0.717) is 87.6 Å². The molecule has 0 fully saturated rings. The number of methoxy groups -OCH3 is 3. The largest absolute Gasteiger partial charge is 0.543 e. The lowest BCUT2D eigenvalue weighted by Gasteiger charge is -2.37. The lowest BCUT2D eigenvalue weighted by molar-refractivity contribution is -0.163. The molecular formula is C76H79BrCl2N4O13S2Si. The standard InChI is InChI=1S/C76H79BrCl2N4O13S2Si/c1-47-63(48(2)67(79)68(66(47)78)93-58(44-92-98(85,86)45-49-22-16-14-17-23-49)43-91-76(51-24-18-15-19-25-51,52-28-32-55(87-9)33-29-52)53-30-34-56(88-10)35-31-53)64-65-71(81-46-82-72(65)97-69(64)77)94-62(73(84)95-74(3,4)5)41-50-40-57(96-99(12,13)75(6,7)8)36-37-60(50)90-42-54-38-39-80-70(83-54)59-26-20-21-27-61(59)89-11/h14-40,46,58,62H,41-45H2,1-13H3/t58-,62-/m1/s1. The molecule has 0 aliphatic rings. The van der Waals surface area contributed by atoms with Crippen LogP contribution in [0.15, 0.2) is 174 Å². The summed E-state index contributed by atoms with van der Waals surface area (Å²) >= 11 is 20.4. The number of thiophene rings is 1. The molecule has 2 atom stereocenters. The van der Waals surface area contributed by atoms with Crippen molar-refractivity contribution in [2.75, 3.05) is 34.5 Å². The summed E-state index contributed by atoms with van der Waals surface area (Å²) in [5, 5.41) is 0.489. The average Bonchev–Trinajstić information content (AvgIpc) is 1.72. The maximum Gasteiger partial charge on any atom is 0.348 e. The number of esters is 1. The predicted molar refractivity (Wildman–Crippen MR) is 394 cm³/mol. The van der Waals surface area contributed by atoms with Gasteiger partial charge in [0.25, 0.3) is 10.1 Å². The van der Waals surface area contributed by atoms with Crippen LogP contribution in [0, 0.1) is 13.8 Å². The minimum absolute atomic E-state index is 0.0353. The highest BCUT2D eigenvalue weighted by Crippen LogP contribution is 2.53. The average molecular weight is 1500 g/mol. The molecule has 0 saturated heterocycles. The van der Waals surface area contributed by atoms with E-state index in [4.69, 9.17) is 84.7 Å². The minimum atomic E-state index is -4.24. The number of ether oxygens (including phenoxy) is 8. The fourth-order valence-electron chi connectivity index (χ4n) is 11.0. The minimum Gasteiger partial charge on any atom is -0.543 e. The van der Waals surface area contributed by atoms with E-state index in [1.165, 1.54) is 17.7 Å². The van der Waals surface area contributed by atoms with Gasteiger partial charge in [0, 0.05) is 23.7 Å². The number of hydrogen-bond acceptors (Lipinski definition) is 18. The Balaban J connectivity index is 1.04. The van der Waals surface area contributed by atoms with Crippen LogP contribution in [0.5, 0.6) is 40.4 Å². The van der Waals surface area contributed by atoms with E-state index < -0.39 is 60.2 Å². The molecule has 518 valence electrons. The molecule has 0 unspecified atom stereocenters. The molecule has 0 radical (unpaired) electrons. The molecule has 23 heteroatoms. The second kappa shape index (κ2) is 31.2. The molecule has 3 aromatic heterocycles. The van der Waals surface area contributed by atoms with Crippen molar-refractivity contribution in [3.05, 3.63) is 229 Å². The van der Waals surface area contributed by atoms with Gasteiger partial charge in [-0.2, -0.15) is 8.42 Å². The molecule has 0 aliphatic carbocycles. The van der Waals surface area contributed by atoms with Crippen LogP contribution in [0.3, 0.4) is 0 Å². The Morgan fingerprint density at radius 2 is 1.26 bits per heavy atom. The molecule has 0 saturated carbocycles. The summed E-state index contributed by atoms with van der Waals surface area (Å²) in [6, 6.07) is 48.3. The highest BCUT2D eigenvalue weighted by molar-refractivity contribution is 9.11. The van der Waals surface area contributed by atoms with Gasteiger partial charge >= 0.3 is 5.97 Å². The third-order valence-electron chi connectivity index (χ3n) is 17.0. The lowest BCUT2D eigenvalue weighted by Crippen LogP contribution is -2.43. The van der Waals surface area contributed by atoms with Crippen molar-refractivity contribution in [3.8, 4) is 62.9 Å². The van der Waals surface area contributed by atoms with Crippen molar-refractivity contribution in [2.45, 2.75) is 116 Å². The van der Waals surface area contributed by atoms with Gasteiger partial charge in [-0.1, -0.05) is 141 Å². The molecule has 0 bridgehead atoms. The number of nitrogens with zero attached hydrogens (tertiary/aromatic N) is 4. The number of aromatic nitrogens is 4. The second-order valence-electron chi connectivity index (χ2n) is 26.1. The molecular weight excluding hydrogens is 1420 g/mol. The van der Waals surface area contributed by atoms with Crippen molar-refractivity contribution in [1.82, 2.24) is 19.9 Å². The number of fused-ring (bicyclic) bond motifs is 1. The van der Waals surface area contributed by atoms with Gasteiger partial charge < -0.3 is 42.3 Å². The molecule has 3 heterocycles. The van der Waals surface area contributed by atoms with Crippen molar-refractivity contribution in [3.63, 3.8) is 0 Å². The van der Waals surface area contributed by atoms with Crippen LogP contribution < -0.4 is 32.8 Å². The molecule has 7 aromatic carbocycles. The van der Waals surface area contributed by atoms with E-state index >= 15 is 0 Å². The fourth-order valence-corrected chi connectivity index (χ4v) is 15.3. The Hall–Kier alpha value is -8.12.